The molecule has 0 saturated heterocycles. The number of hydrogen-bond acceptors (Lipinski definition) is 3. The molecule has 0 radical (unpaired) electrons. The van der Waals surface area contributed by atoms with E-state index in [0.29, 0.717) is 0 Å². The Balaban J connectivity index is 2.81. The van der Waals surface area contributed by atoms with Crippen LogP contribution < -0.4 is 5.73 Å². The molecule has 1 aromatic carbocycles. The van der Waals surface area contributed by atoms with Crippen molar-refractivity contribution in [2.75, 3.05) is 6.61 Å². The zero-order chi connectivity index (χ0) is 12.1. The Bertz CT molecular complexity index is 315. The molecule has 0 saturated carbocycles. The molecule has 16 heavy (non-hydrogen) atoms. The number of halogens is 1. The first-order chi connectivity index (χ1) is 7.54. The summed E-state index contributed by atoms with van der Waals surface area (Å²) in [6.45, 7) is 3.99. The Morgan fingerprint density at radius 2 is 1.88 bits per heavy atom. The van der Waals surface area contributed by atoms with Crippen molar-refractivity contribution in [2.45, 2.75) is 30.4 Å². The average molecular weight is 243 g/mol. The smallest absolute Gasteiger partial charge is 0.123 e. The predicted molar refractivity (Wildman–Crippen MR) is 66.9 cm³/mol. The summed E-state index contributed by atoms with van der Waals surface area (Å²) >= 11 is 1.61. The first kappa shape index (κ1) is 13.5. The first-order valence-electron chi connectivity index (χ1n) is 5.32. The van der Waals surface area contributed by atoms with Crippen molar-refractivity contribution in [3.8, 4) is 0 Å². The zero-order valence-electron chi connectivity index (χ0n) is 9.56. The molecule has 3 unspecified atom stereocenters. The molecule has 1 aromatic rings. The van der Waals surface area contributed by atoms with Crippen molar-refractivity contribution in [2.24, 2.45) is 5.73 Å². The lowest BCUT2D eigenvalue weighted by Gasteiger charge is -2.23. The molecule has 0 aliphatic heterocycles. The summed E-state index contributed by atoms with van der Waals surface area (Å²) < 4.78 is 12.8. The number of aliphatic hydroxyl groups is 1. The van der Waals surface area contributed by atoms with Gasteiger partial charge in [-0.25, -0.2) is 4.39 Å². The van der Waals surface area contributed by atoms with E-state index in [4.69, 9.17) is 10.8 Å². The second kappa shape index (κ2) is 6.23. The summed E-state index contributed by atoms with van der Waals surface area (Å²) in [4.78, 5) is 0. The Hall–Kier alpha value is -0.580. The van der Waals surface area contributed by atoms with E-state index in [1.807, 2.05) is 13.8 Å². The number of hydrogen-bond donors (Lipinski definition) is 2. The Morgan fingerprint density at radius 3 is 2.31 bits per heavy atom. The normalized spacial score (nSPS) is 16.8. The van der Waals surface area contributed by atoms with Gasteiger partial charge in [-0.1, -0.05) is 19.1 Å². The zero-order valence-corrected chi connectivity index (χ0v) is 10.4. The average Bonchev–Trinajstić information content (AvgIpc) is 2.26. The summed E-state index contributed by atoms with van der Waals surface area (Å²) in [7, 11) is 0. The highest BCUT2D eigenvalue weighted by Gasteiger charge is 2.19. The second-order valence-corrected chi connectivity index (χ2v) is 5.55. The topological polar surface area (TPSA) is 46.2 Å². The molecule has 0 fully saturated rings. The van der Waals surface area contributed by atoms with Gasteiger partial charge in [-0.05, 0) is 24.6 Å². The van der Waals surface area contributed by atoms with Gasteiger partial charge < -0.3 is 10.8 Å². The highest BCUT2D eigenvalue weighted by molar-refractivity contribution is 8.00. The van der Waals surface area contributed by atoms with Gasteiger partial charge in [0.25, 0.3) is 0 Å². The molecule has 3 N–H and O–H groups in total. The van der Waals surface area contributed by atoms with Crippen LogP contribution in [0.15, 0.2) is 24.3 Å². The van der Waals surface area contributed by atoms with E-state index in [1.54, 1.807) is 23.9 Å². The lowest BCUT2D eigenvalue weighted by Crippen LogP contribution is -2.24. The standard InChI is InChI=1S/C12H18FNOS/c1-8(7-15)16-12(9(2)14)10-3-5-11(13)6-4-10/h3-6,8-9,12,15H,7,14H2,1-2H3. The minimum absolute atomic E-state index is 0.0375. The van der Waals surface area contributed by atoms with Gasteiger partial charge in [-0.2, -0.15) is 0 Å². The maximum absolute atomic E-state index is 12.8. The van der Waals surface area contributed by atoms with Crippen LogP contribution in [-0.4, -0.2) is 23.0 Å². The van der Waals surface area contributed by atoms with E-state index in [9.17, 15) is 4.39 Å². The molecule has 0 bridgehead atoms. The van der Waals surface area contributed by atoms with Crippen LogP contribution in [0.1, 0.15) is 24.7 Å². The predicted octanol–water partition coefficient (Wildman–Crippen LogP) is 2.33. The maximum Gasteiger partial charge on any atom is 0.123 e. The summed E-state index contributed by atoms with van der Waals surface area (Å²) in [5.41, 5.74) is 6.92. The lowest BCUT2D eigenvalue weighted by atomic mass is 10.1. The highest BCUT2D eigenvalue weighted by atomic mass is 32.2. The summed E-state index contributed by atoms with van der Waals surface area (Å²) in [5.74, 6) is -0.243. The Labute approximate surface area is 100 Å². The van der Waals surface area contributed by atoms with Crippen molar-refractivity contribution in [1.29, 1.82) is 0 Å². The van der Waals surface area contributed by atoms with E-state index in [0.717, 1.165) is 5.56 Å². The molecule has 0 aliphatic carbocycles. The molecule has 1 rings (SSSR count). The highest BCUT2D eigenvalue weighted by Crippen LogP contribution is 2.34. The van der Waals surface area contributed by atoms with E-state index in [-0.39, 0.29) is 29.0 Å². The number of thioether (sulfide) groups is 1. The molecule has 0 heterocycles. The molecule has 90 valence electrons. The Morgan fingerprint density at radius 1 is 1.31 bits per heavy atom. The fraction of sp³-hybridized carbons (Fsp3) is 0.500. The van der Waals surface area contributed by atoms with Crippen LogP contribution in [0.3, 0.4) is 0 Å². The van der Waals surface area contributed by atoms with Gasteiger partial charge in [0.05, 0.1) is 6.61 Å². The maximum atomic E-state index is 12.8. The quantitative estimate of drug-likeness (QED) is 0.834. The van der Waals surface area contributed by atoms with Gasteiger partial charge in [-0.15, -0.1) is 11.8 Å². The van der Waals surface area contributed by atoms with Crippen molar-refractivity contribution < 1.29 is 9.50 Å². The van der Waals surface area contributed by atoms with Gasteiger partial charge in [0.1, 0.15) is 5.82 Å². The van der Waals surface area contributed by atoms with Crippen LogP contribution >= 0.6 is 11.8 Å². The SMILES string of the molecule is CC(CO)SC(c1ccc(F)cc1)C(C)N. The van der Waals surface area contributed by atoms with Gasteiger partial charge >= 0.3 is 0 Å². The first-order valence-corrected chi connectivity index (χ1v) is 6.26. The largest absolute Gasteiger partial charge is 0.395 e. The van der Waals surface area contributed by atoms with E-state index in [2.05, 4.69) is 0 Å². The summed E-state index contributed by atoms with van der Waals surface area (Å²) in [5, 5.41) is 9.25. The number of nitrogens with two attached hydrogens (primary N) is 1. The van der Waals surface area contributed by atoms with Crippen LogP contribution in [0.25, 0.3) is 0 Å². The van der Waals surface area contributed by atoms with Crippen LogP contribution in [0, 0.1) is 5.82 Å². The second-order valence-electron chi connectivity index (χ2n) is 3.96. The van der Waals surface area contributed by atoms with Gasteiger partial charge in [0.15, 0.2) is 0 Å². The van der Waals surface area contributed by atoms with Crippen molar-refractivity contribution in [3.63, 3.8) is 0 Å². The van der Waals surface area contributed by atoms with Gasteiger partial charge in [0.2, 0.25) is 0 Å². The van der Waals surface area contributed by atoms with E-state index in [1.165, 1.54) is 12.1 Å². The minimum atomic E-state index is -0.243. The number of aliphatic hydroxyl groups excluding tert-OH is 1. The fourth-order valence-electron chi connectivity index (χ4n) is 1.45. The molecule has 2 nitrogen and oxygen atoms in total. The molecule has 0 aliphatic rings. The third-order valence-corrected chi connectivity index (χ3v) is 3.92. The third kappa shape index (κ3) is 3.77. The summed E-state index contributed by atoms with van der Waals surface area (Å²) in [6.07, 6.45) is 0. The monoisotopic (exact) mass is 243 g/mol. The third-order valence-electron chi connectivity index (χ3n) is 2.31. The van der Waals surface area contributed by atoms with Crippen LogP contribution in [0.5, 0.6) is 0 Å². The molecule has 0 spiro atoms. The molecule has 4 heteroatoms. The van der Waals surface area contributed by atoms with Gasteiger partial charge in [0, 0.05) is 16.5 Å². The molecule has 3 atom stereocenters. The van der Waals surface area contributed by atoms with Crippen LogP contribution in [0.2, 0.25) is 0 Å². The minimum Gasteiger partial charge on any atom is -0.395 e. The lowest BCUT2D eigenvalue weighted by molar-refractivity contribution is 0.299. The van der Waals surface area contributed by atoms with Crippen molar-refractivity contribution in [1.82, 2.24) is 0 Å². The van der Waals surface area contributed by atoms with Gasteiger partial charge in [-0.3, -0.25) is 0 Å². The van der Waals surface area contributed by atoms with E-state index < -0.39 is 0 Å². The molecular weight excluding hydrogens is 225 g/mol. The van der Waals surface area contributed by atoms with E-state index >= 15 is 0 Å². The van der Waals surface area contributed by atoms with Crippen LogP contribution in [-0.2, 0) is 0 Å². The van der Waals surface area contributed by atoms with Crippen molar-refractivity contribution >= 4 is 11.8 Å². The molecule has 0 amide bonds. The fourth-order valence-corrected chi connectivity index (χ4v) is 2.60. The number of rotatable bonds is 5. The Kier molecular flexibility index (Phi) is 5.25. The molecular formula is C12H18FNOS. The number of benzene rings is 1. The summed E-state index contributed by atoms with van der Waals surface area (Å²) in [6, 6.07) is 6.34. The van der Waals surface area contributed by atoms with Crippen molar-refractivity contribution in [3.05, 3.63) is 35.6 Å². The molecule has 0 aromatic heterocycles. The van der Waals surface area contributed by atoms with Crippen LogP contribution in [0.4, 0.5) is 4.39 Å².